The molecule has 1 spiro atoms. The zero-order valence-electron chi connectivity index (χ0n) is 16.3. The minimum Gasteiger partial charge on any atom is -0.395 e. The first-order chi connectivity index (χ1) is 14.3. The molecule has 0 saturated carbocycles. The summed E-state index contributed by atoms with van der Waals surface area (Å²) in [5, 5.41) is 7.26. The Morgan fingerprint density at radius 2 is 1.97 bits per heavy atom. The molecule has 0 aliphatic carbocycles. The van der Waals surface area contributed by atoms with E-state index in [1.54, 1.807) is 12.3 Å². The van der Waals surface area contributed by atoms with Crippen molar-refractivity contribution in [1.29, 1.82) is 0 Å². The van der Waals surface area contributed by atoms with Crippen molar-refractivity contribution in [1.82, 2.24) is 15.1 Å². The average molecular weight is 432 g/mol. The minimum atomic E-state index is -3.72. The van der Waals surface area contributed by atoms with Gasteiger partial charge in [-0.25, -0.2) is 10.1 Å². The van der Waals surface area contributed by atoms with Crippen molar-refractivity contribution in [2.45, 2.75) is 37.7 Å². The van der Waals surface area contributed by atoms with Gasteiger partial charge < -0.3 is 14.8 Å². The number of benzene rings is 2. The summed E-state index contributed by atoms with van der Waals surface area (Å²) in [4.78, 5) is 13.4. The lowest BCUT2D eigenvalue weighted by Gasteiger charge is -2.57. The Hall–Kier alpha value is -2.78. The quantitative estimate of drug-likeness (QED) is 0.672. The first-order valence-electron chi connectivity index (χ1n) is 9.60. The van der Waals surface area contributed by atoms with Crippen LogP contribution in [0.3, 0.4) is 0 Å². The number of nitrogens with one attached hydrogen (secondary N) is 2. The van der Waals surface area contributed by atoms with Gasteiger partial charge >= 0.3 is 17.4 Å². The SMILES string of the molecule is CCC(c1cccc(C)c1)[N+]1(c2ccc3c(c2)OC(F)(F)O3)C(=O)NC12NC=CS2. The first-order valence-corrected chi connectivity index (χ1v) is 10.5. The van der Waals surface area contributed by atoms with E-state index in [1.807, 2.05) is 37.5 Å². The third-order valence-electron chi connectivity index (χ3n) is 5.75. The van der Waals surface area contributed by atoms with Gasteiger partial charge in [0.05, 0.1) is 0 Å². The van der Waals surface area contributed by atoms with Crippen LogP contribution in [0.15, 0.2) is 54.1 Å². The van der Waals surface area contributed by atoms with E-state index in [2.05, 4.69) is 26.2 Å². The minimum absolute atomic E-state index is 0.0503. The van der Waals surface area contributed by atoms with Gasteiger partial charge in [-0.05, 0) is 30.2 Å². The highest BCUT2D eigenvalue weighted by molar-refractivity contribution is 8.03. The van der Waals surface area contributed by atoms with Crippen molar-refractivity contribution in [3.63, 3.8) is 0 Å². The molecule has 2 amide bonds. The number of quaternary nitrogens is 1. The van der Waals surface area contributed by atoms with Crippen LogP contribution in [0.2, 0.25) is 0 Å². The number of thioether (sulfide) groups is 1. The van der Waals surface area contributed by atoms with Gasteiger partial charge in [-0.3, -0.25) is 0 Å². The van der Waals surface area contributed by atoms with Crippen molar-refractivity contribution in [2.75, 3.05) is 0 Å². The van der Waals surface area contributed by atoms with Crippen LogP contribution in [0.25, 0.3) is 0 Å². The Labute approximate surface area is 176 Å². The normalized spacial score (nSPS) is 28.7. The number of carbonyl (C=O) groups excluding carboxylic acids is 1. The number of nitrogens with zero attached hydrogens (tertiary/aromatic N) is 1. The third-order valence-corrected chi connectivity index (χ3v) is 6.87. The first kappa shape index (κ1) is 19.2. The molecule has 3 heterocycles. The molecule has 3 aliphatic heterocycles. The van der Waals surface area contributed by atoms with Crippen LogP contribution in [0.5, 0.6) is 11.5 Å². The van der Waals surface area contributed by atoms with Gasteiger partial charge in [0.2, 0.25) is 0 Å². The zero-order chi connectivity index (χ0) is 21.1. The summed E-state index contributed by atoms with van der Waals surface area (Å²) < 4.78 is 36.3. The van der Waals surface area contributed by atoms with E-state index in [9.17, 15) is 13.6 Å². The topological polar surface area (TPSA) is 59.6 Å². The Morgan fingerprint density at radius 3 is 2.63 bits per heavy atom. The molecule has 3 atom stereocenters. The van der Waals surface area contributed by atoms with E-state index in [0.717, 1.165) is 11.1 Å². The second-order valence-electron chi connectivity index (χ2n) is 7.50. The summed E-state index contributed by atoms with van der Waals surface area (Å²) in [5.74, 6) is -0.134. The highest BCUT2D eigenvalue weighted by Crippen LogP contribution is 2.55. The summed E-state index contributed by atoms with van der Waals surface area (Å²) in [5.41, 5.74) is 2.61. The number of hydrogen-bond donors (Lipinski definition) is 2. The fraction of sp³-hybridized carbons (Fsp3) is 0.286. The van der Waals surface area contributed by atoms with E-state index in [-0.39, 0.29) is 28.1 Å². The van der Waals surface area contributed by atoms with E-state index >= 15 is 0 Å². The van der Waals surface area contributed by atoms with Crippen molar-refractivity contribution in [3.8, 4) is 11.5 Å². The highest BCUT2D eigenvalue weighted by atomic mass is 32.2. The lowest BCUT2D eigenvalue weighted by Crippen LogP contribution is -2.90. The largest absolute Gasteiger partial charge is 0.586 e. The van der Waals surface area contributed by atoms with Crippen molar-refractivity contribution >= 4 is 23.5 Å². The molecule has 2 aromatic carbocycles. The van der Waals surface area contributed by atoms with Gasteiger partial charge in [-0.2, -0.15) is 4.48 Å². The molecule has 2 N–H and O–H groups in total. The molecule has 2 aromatic rings. The van der Waals surface area contributed by atoms with Crippen molar-refractivity contribution in [3.05, 3.63) is 65.2 Å². The van der Waals surface area contributed by atoms with Crippen molar-refractivity contribution < 1.29 is 23.0 Å². The van der Waals surface area contributed by atoms with Gasteiger partial charge in [0.25, 0.3) is 0 Å². The highest BCUT2D eigenvalue weighted by Gasteiger charge is 2.73. The van der Waals surface area contributed by atoms with Crippen LogP contribution >= 0.6 is 11.8 Å². The van der Waals surface area contributed by atoms with Crippen LogP contribution in [0.1, 0.15) is 30.5 Å². The van der Waals surface area contributed by atoms with Gasteiger partial charge in [0, 0.05) is 30.3 Å². The fourth-order valence-corrected chi connectivity index (χ4v) is 5.68. The maximum atomic E-state index is 13.6. The maximum Gasteiger partial charge on any atom is 0.586 e. The lowest BCUT2D eigenvalue weighted by molar-refractivity contribution is -0.286. The van der Waals surface area contributed by atoms with Gasteiger partial charge in [-0.15, -0.1) is 8.78 Å². The van der Waals surface area contributed by atoms with E-state index in [1.165, 1.54) is 23.9 Å². The Bertz CT molecular complexity index is 1070. The molecule has 1 saturated heterocycles. The molecule has 0 radical (unpaired) electrons. The number of hydrogen-bond acceptors (Lipinski definition) is 5. The average Bonchev–Trinajstić information content (AvgIpc) is 3.29. The summed E-state index contributed by atoms with van der Waals surface area (Å²) in [6.07, 6.45) is -1.30. The summed E-state index contributed by atoms with van der Waals surface area (Å²) in [6, 6.07) is 12.1. The second kappa shape index (κ2) is 6.36. The standard InChI is InChI=1S/C21H19F2N3O3S/c1-3-16(14-6-4-5-13(2)11-14)26(19(27)25-21(26)24-9-10-30-21)15-7-8-17-18(12-15)29-20(22,23)28-17/h4-12,16,24H,3H2,1-2H3/p+1. The van der Waals surface area contributed by atoms with Crippen LogP contribution in [0.4, 0.5) is 19.3 Å². The molecule has 156 valence electrons. The summed E-state index contributed by atoms with van der Waals surface area (Å²) in [6.45, 7) is 4.01. The third kappa shape index (κ3) is 2.48. The molecule has 3 unspecified atom stereocenters. The number of ether oxygens (including phenoxy) is 2. The van der Waals surface area contributed by atoms with Crippen LogP contribution in [-0.2, 0) is 0 Å². The number of halogens is 2. The van der Waals surface area contributed by atoms with Crippen LogP contribution < -0.4 is 24.6 Å². The van der Waals surface area contributed by atoms with Gasteiger partial charge in [0.15, 0.2) is 17.2 Å². The predicted octanol–water partition coefficient (Wildman–Crippen LogP) is 4.92. The number of rotatable bonds is 4. The number of aryl methyl sites for hydroxylation is 1. The molecule has 9 heteroatoms. The zero-order valence-corrected chi connectivity index (χ0v) is 17.1. The molecular formula is C21H20F2N3O3S+. The predicted molar refractivity (Wildman–Crippen MR) is 110 cm³/mol. The van der Waals surface area contributed by atoms with Gasteiger partial charge in [0.1, 0.15) is 6.04 Å². The van der Waals surface area contributed by atoms with Gasteiger partial charge in [-0.1, -0.05) is 36.8 Å². The molecule has 0 aromatic heterocycles. The van der Waals surface area contributed by atoms with E-state index in [4.69, 9.17) is 0 Å². The smallest absolute Gasteiger partial charge is 0.395 e. The van der Waals surface area contributed by atoms with Crippen LogP contribution in [0, 0.1) is 6.92 Å². The molecular weight excluding hydrogens is 412 g/mol. The summed E-state index contributed by atoms with van der Waals surface area (Å²) in [7, 11) is 0. The molecule has 6 nitrogen and oxygen atoms in total. The fourth-order valence-electron chi connectivity index (χ4n) is 4.58. The molecule has 1 fully saturated rings. The monoisotopic (exact) mass is 432 g/mol. The number of fused-ring (bicyclic) bond motifs is 1. The summed E-state index contributed by atoms with van der Waals surface area (Å²) >= 11 is 1.44. The van der Waals surface area contributed by atoms with E-state index in [0.29, 0.717) is 12.1 Å². The molecule has 5 rings (SSSR count). The van der Waals surface area contributed by atoms with Crippen molar-refractivity contribution in [2.24, 2.45) is 0 Å². The molecule has 30 heavy (non-hydrogen) atoms. The molecule has 0 bridgehead atoms. The molecule has 3 aliphatic rings. The Balaban J connectivity index is 1.70. The van der Waals surface area contributed by atoms with E-state index < -0.39 is 11.4 Å². The number of urea groups is 1. The number of carbonyl (C=O) groups is 1. The maximum absolute atomic E-state index is 13.6. The Kier molecular flexibility index (Phi) is 4.07. The lowest BCUT2D eigenvalue weighted by atomic mass is 9.95. The Morgan fingerprint density at radius 1 is 1.17 bits per heavy atom. The second-order valence-corrected chi connectivity index (χ2v) is 8.60. The number of amides is 2. The van der Waals surface area contributed by atoms with Crippen LogP contribution in [-0.4, -0.2) is 17.4 Å². The number of alkyl halides is 2.